The maximum Gasteiger partial charge on any atom is 0.253 e. The highest BCUT2D eigenvalue weighted by Gasteiger charge is 2.33. The van der Waals surface area contributed by atoms with Gasteiger partial charge in [-0.05, 0) is 70.1 Å². The third-order valence-corrected chi connectivity index (χ3v) is 7.77. The number of aryl methyl sites for hydroxylation is 3. The second-order valence-corrected chi connectivity index (χ2v) is 10.2. The van der Waals surface area contributed by atoms with Crippen LogP contribution >= 0.6 is 0 Å². The van der Waals surface area contributed by atoms with Crippen molar-refractivity contribution in [2.75, 3.05) is 31.1 Å². The zero-order valence-corrected chi connectivity index (χ0v) is 22.5. The number of para-hydroxylation sites is 1. The van der Waals surface area contributed by atoms with E-state index in [0.29, 0.717) is 49.8 Å². The fourth-order valence-corrected chi connectivity index (χ4v) is 5.57. The number of nitrogens with one attached hydrogen (secondary N) is 1. The van der Waals surface area contributed by atoms with E-state index >= 15 is 0 Å². The zero-order valence-electron chi connectivity index (χ0n) is 22.5. The number of H-pyrrole nitrogens is 1. The van der Waals surface area contributed by atoms with Crippen LogP contribution in [0.4, 0.5) is 10.1 Å². The fourth-order valence-electron chi connectivity index (χ4n) is 5.57. The van der Waals surface area contributed by atoms with Gasteiger partial charge in [0.1, 0.15) is 11.9 Å². The Balaban J connectivity index is 1.36. The van der Waals surface area contributed by atoms with Gasteiger partial charge in [0.2, 0.25) is 0 Å². The summed E-state index contributed by atoms with van der Waals surface area (Å²) in [6.07, 6.45) is 1.67. The van der Waals surface area contributed by atoms with Gasteiger partial charge in [-0.1, -0.05) is 55.5 Å². The van der Waals surface area contributed by atoms with Crippen molar-refractivity contribution in [3.05, 3.63) is 118 Å². The molecule has 6 rings (SSSR count). The van der Waals surface area contributed by atoms with Gasteiger partial charge in [-0.3, -0.25) is 9.69 Å². The van der Waals surface area contributed by atoms with Crippen LogP contribution in [0.1, 0.15) is 35.5 Å². The highest BCUT2D eigenvalue weighted by molar-refractivity contribution is 5.80. The number of hydrogen-bond donors (Lipinski definition) is 1. The Morgan fingerprint density at radius 2 is 1.70 bits per heavy atom. The molecule has 1 aliphatic heterocycles. The topological polar surface area (TPSA) is 82.9 Å². The average Bonchev–Trinajstić information content (AvgIpc) is 3.45. The number of fused-ring (bicyclic) bond motifs is 1. The smallest absolute Gasteiger partial charge is 0.253 e. The van der Waals surface area contributed by atoms with Gasteiger partial charge < -0.3 is 9.88 Å². The summed E-state index contributed by atoms with van der Waals surface area (Å²) in [5.41, 5.74) is 4.24. The molecule has 1 aliphatic rings. The first kappa shape index (κ1) is 25.9. The van der Waals surface area contributed by atoms with Crippen LogP contribution in [0.2, 0.25) is 0 Å². The van der Waals surface area contributed by atoms with Crippen LogP contribution in [0.15, 0.2) is 83.7 Å². The highest BCUT2D eigenvalue weighted by atomic mass is 19.1. The molecule has 40 heavy (non-hydrogen) atoms. The number of pyridine rings is 1. The molecule has 1 unspecified atom stereocenters. The van der Waals surface area contributed by atoms with Crippen LogP contribution < -0.4 is 10.5 Å². The molecule has 9 heteroatoms. The Labute approximate surface area is 232 Å². The number of anilines is 1. The van der Waals surface area contributed by atoms with Crippen molar-refractivity contribution in [1.29, 1.82) is 0 Å². The first-order valence-corrected chi connectivity index (χ1v) is 13.8. The second kappa shape index (κ2) is 11.4. The zero-order chi connectivity index (χ0) is 27.5. The normalized spacial score (nSPS) is 15.0. The predicted molar refractivity (Wildman–Crippen MR) is 154 cm³/mol. The molecule has 0 bridgehead atoms. The molecule has 1 N–H and O–H groups in total. The quantitative estimate of drug-likeness (QED) is 0.317. The van der Waals surface area contributed by atoms with Crippen LogP contribution in [0.25, 0.3) is 10.9 Å². The number of piperazine rings is 1. The van der Waals surface area contributed by atoms with Gasteiger partial charge in [0.25, 0.3) is 5.56 Å². The minimum absolute atomic E-state index is 0.157. The van der Waals surface area contributed by atoms with Crippen LogP contribution in [-0.4, -0.2) is 56.3 Å². The summed E-state index contributed by atoms with van der Waals surface area (Å²) in [6, 6.07) is 24.7. The van der Waals surface area contributed by atoms with Crippen LogP contribution in [0, 0.1) is 5.82 Å². The fraction of sp³-hybridized carbons (Fsp3) is 0.290. The molecule has 1 saturated heterocycles. The molecular formula is C31H32FN7O. The van der Waals surface area contributed by atoms with E-state index in [1.165, 1.54) is 17.2 Å². The number of rotatable bonds is 8. The summed E-state index contributed by atoms with van der Waals surface area (Å²) in [6.45, 7) is 5.19. The summed E-state index contributed by atoms with van der Waals surface area (Å²) in [5.74, 6) is 0.404. The van der Waals surface area contributed by atoms with E-state index in [2.05, 4.69) is 55.4 Å². The second-order valence-electron chi connectivity index (χ2n) is 10.2. The maximum atomic E-state index is 14.5. The largest absolute Gasteiger partial charge is 0.367 e. The van der Waals surface area contributed by atoms with E-state index in [4.69, 9.17) is 0 Å². The van der Waals surface area contributed by atoms with Gasteiger partial charge in [0.15, 0.2) is 5.82 Å². The summed E-state index contributed by atoms with van der Waals surface area (Å²) in [4.78, 5) is 21.0. The molecule has 8 nitrogen and oxygen atoms in total. The summed E-state index contributed by atoms with van der Waals surface area (Å²) in [5, 5.41) is 13.8. The first-order chi connectivity index (χ1) is 19.6. The lowest BCUT2D eigenvalue weighted by Crippen LogP contribution is -2.49. The van der Waals surface area contributed by atoms with Crippen molar-refractivity contribution in [2.24, 2.45) is 0 Å². The Hall–Kier alpha value is -4.37. The van der Waals surface area contributed by atoms with E-state index in [1.54, 1.807) is 6.07 Å². The monoisotopic (exact) mass is 537 g/mol. The Morgan fingerprint density at radius 1 is 0.925 bits per heavy atom. The van der Waals surface area contributed by atoms with Crippen LogP contribution in [0.5, 0.6) is 0 Å². The number of nitrogens with zero attached hydrogens (tertiary/aromatic N) is 6. The lowest BCUT2D eigenvalue weighted by atomic mass is 10.0. The SMILES string of the molecule is CCc1ccc2[nH]c(=O)c(C(c3nnnn3CCc3ccccc3)N3CCN(c4ccccc4F)CC3)cc2c1. The van der Waals surface area contributed by atoms with E-state index in [0.717, 1.165) is 23.7 Å². The van der Waals surface area contributed by atoms with Gasteiger partial charge >= 0.3 is 0 Å². The predicted octanol–water partition coefficient (Wildman–Crippen LogP) is 4.37. The first-order valence-electron chi connectivity index (χ1n) is 13.8. The van der Waals surface area contributed by atoms with Gasteiger partial charge in [-0.25, -0.2) is 9.07 Å². The molecule has 0 radical (unpaired) electrons. The maximum absolute atomic E-state index is 14.5. The van der Waals surface area contributed by atoms with Gasteiger partial charge in [0, 0.05) is 43.8 Å². The third-order valence-electron chi connectivity index (χ3n) is 7.77. The molecule has 3 aromatic carbocycles. The molecule has 0 spiro atoms. The third kappa shape index (κ3) is 5.24. The molecule has 1 fully saturated rings. The summed E-state index contributed by atoms with van der Waals surface area (Å²) in [7, 11) is 0. The number of halogens is 1. The molecular weight excluding hydrogens is 505 g/mol. The standard InChI is InChI=1S/C31H32FN7O/c1-2-22-12-13-27-24(20-22)21-25(31(40)33-27)29(30-34-35-36-39(30)15-14-23-8-4-3-5-9-23)38-18-16-37(17-19-38)28-11-7-6-10-26(28)32/h3-13,20-21,29H,2,14-19H2,1H3,(H,33,40). The average molecular weight is 538 g/mol. The Bertz CT molecular complexity index is 1660. The molecule has 0 amide bonds. The van der Waals surface area contributed by atoms with Crippen molar-refractivity contribution >= 4 is 16.6 Å². The van der Waals surface area contributed by atoms with Gasteiger partial charge in [0.05, 0.1) is 5.69 Å². The number of hydrogen-bond acceptors (Lipinski definition) is 6. The molecule has 5 aromatic rings. The van der Waals surface area contributed by atoms with E-state index in [9.17, 15) is 9.18 Å². The number of tetrazole rings is 1. The lowest BCUT2D eigenvalue weighted by Gasteiger charge is -2.39. The minimum atomic E-state index is -0.452. The van der Waals surface area contributed by atoms with Crippen molar-refractivity contribution in [1.82, 2.24) is 30.1 Å². The van der Waals surface area contributed by atoms with Crippen molar-refractivity contribution in [3.63, 3.8) is 0 Å². The van der Waals surface area contributed by atoms with Crippen molar-refractivity contribution < 1.29 is 4.39 Å². The van der Waals surface area contributed by atoms with Gasteiger partial charge in [-0.2, -0.15) is 0 Å². The molecule has 0 aliphatic carbocycles. The number of aromatic amines is 1. The van der Waals surface area contributed by atoms with E-state index in [-0.39, 0.29) is 11.4 Å². The summed E-state index contributed by atoms with van der Waals surface area (Å²) >= 11 is 0. The summed E-state index contributed by atoms with van der Waals surface area (Å²) < 4.78 is 16.3. The number of benzene rings is 3. The number of aromatic nitrogens is 5. The lowest BCUT2D eigenvalue weighted by molar-refractivity contribution is 0.199. The molecule has 204 valence electrons. The molecule has 2 aromatic heterocycles. The van der Waals surface area contributed by atoms with Crippen LogP contribution in [0.3, 0.4) is 0 Å². The van der Waals surface area contributed by atoms with E-state index < -0.39 is 6.04 Å². The molecule has 0 saturated carbocycles. The molecule has 3 heterocycles. The highest BCUT2D eigenvalue weighted by Crippen LogP contribution is 2.30. The van der Waals surface area contributed by atoms with Crippen molar-refractivity contribution in [2.45, 2.75) is 32.4 Å². The molecule has 1 atom stereocenters. The Kier molecular flexibility index (Phi) is 7.37. The van der Waals surface area contributed by atoms with E-state index in [1.807, 2.05) is 53.2 Å². The Morgan fingerprint density at radius 3 is 2.48 bits per heavy atom. The van der Waals surface area contributed by atoms with Gasteiger partial charge in [-0.15, -0.1) is 5.10 Å². The minimum Gasteiger partial charge on any atom is -0.367 e. The van der Waals surface area contributed by atoms with Crippen LogP contribution in [-0.2, 0) is 19.4 Å². The van der Waals surface area contributed by atoms with Crippen molar-refractivity contribution in [3.8, 4) is 0 Å².